The number of sulfonamides is 1. The third kappa shape index (κ3) is 4.39. The Hall–Kier alpha value is -0.730. The fraction of sp³-hybridized carbons (Fsp3) is 0.818. The molecule has 0 aromatic rings. The van der Waals surface area contributed by atoms with E-state index >= 15 is 0 Å². The van der Waals surface area contributed by atoms with Gasteiger partial charge in [-0.25, -0.2) is 12.7 Å². The van der Waals surface area contributed by atoms with Gasteiger partial charge in [0.25, 0.3) is 0 Å². The number of carbonyl (C=O) groups is 1. The van der Waals surface area contributed by atoms with Crippen molar-refractivity contribution in [3.8, 4) is 0 Å². The van der Waals surface area contributed by atoms with Crippen molar-refractivity contribution in [2.75, 3.05) is 26.4 Å². The lowest BCUT2D eigenvalue weighted by molar-refractivity contribution is -0.127. The van der Waals surface area contributed by atoms with Gasteiger partial charge in [-0.15, -0.1) is 0 Å². The van der Waals surface area contributed by atoms with E-state index < -0.39 is 15.4 Å². The molecule has 0 radical (unpaired) electrons. The number of rotatable bonds is 8. The van der Waals surface area contributed by atoms with Gasteiger partial charge in [0.05, 0.1) is 16.2 Å². The molecule has 112 valence electrons. The van der Waals surface area contributed by atoms with Crippen LogP contribution in [0.1, 0.15) is 26.7 Å². The Morgan fingerprint density at radius 2 is 1.79 bits per heavy atom. The first-order valence-corrected chi connectivity index (χ1v) is 8.14. The summed E-state index contributed by atoms with van der Waals surface area (Å²) in [6.45, 7) is 3.71. The van der Waals surface area contributed by atoms with E-state index in [1.807, 2.05) is 13.8 Å². The van der Waals surface area contributed by atoms with E-state index in [-0.39, 0.29) is 23.2 Å². The predicted molar refractivity (Wildman–Crippen MR) is 80.3 cm³/mol. The van der Waals surface area contributed by atoms with Crippen molar-refractivity contribution in [1.82, 2.24) is 9.62 Å². The van der Waals surface area contributed by atoms with Crippen LogP contribution >= 0.6 is 12.2 Å². The van der Waals surface area contributed by atoms with Gasteiger partial charge in [-0.2, -0.15) is 0 Å². The molecule has 0 saturated carbocycles. The lowest BCUT2D eigenvalue weighted by atomic mass is 9.81. The van der Waals surface area contributed by atoms with Gasteiger partial charge >= 0.3 is 0 Å². The minimum atomic E-state index is -3.32. The molecule has 0 atom stereocenters. The van der Waals surface area contributed by atoms with Crippen molar-refractivity contribution in [1.29, 1.82) is 0 Å². The van der Waals surface area contributed by atoms with Gasteiger partial charge in [0, 0.05) is 20.6 Å². The predicted octanol–water partition coefficient (Wildman–Crippen LogP) is 0.0865. The van der Waals surface area contributed by atoms with E-state index in [0.29, 0.717) is 12.8 Å². The van der Waals surface area contributed by atoms with Crippen molar-refractivity contribution in [3.63, 3.8) is 0 Å². The van der Waals surface area contributed by atoms with Crippen molar-refractivity contribution in [2.24, 2.45) is 11.1 Å². The van der Waals surface area contributed by atoms with Crippen molar-refractivity contribution >= 4 is 33.1 Å². The number of amides is 1. The maximum atomic E-state index is 12.1. The van der Waals surface area contributed by atoms with Gasteiger partial charge in [-0.3, -0.25) is 4.79 Å². The van der Waals surface area contributed by atoms with Crippen LogP contribution in [0.5, 0.6) is 0 Å². The highest BCUT2D eigenvalue weighted by atomic mass is 32.2. The van der Waals surface area contributed by atoms with Crippen molar-refractivity contribution in [2.45, 2.75) is 26.7 Å². The van der Waals surface area contributed by atoms with Crippen molar-refractivity contribution < 1.29 is 13.2 Å². The molecule has 19 heavy (non-hydrogen) atoms. The molecular weight excluding hydrogens is 286 g/mol. The summed E-state index contributed by atoms with van der Waals surface area (Å²) in [4.78, 5) is 12.3. The molecule has 0 saturated heterocycles. The fourth-order valence-electron chi connectivity index (χ4n) is 1.68. The van der Waals surface area contributed by atoms with Gasteiger partial charge in [-0.1, -0.05) is 26.1 Å². The van der Waals surface area contributed by atoms with Crippen LogP contribution in [0.2, 0.25) is 0 Å². The average Bonchev–Trinajstić information content (AvgIpc) is 2.30. The standard InChI is InChI=1S/C11H23N3O3S2/c1-5-11(6-2,9(12)18)10(15)13-7-8-19(16,17)14(3)4/h5-8H2,1-4H3,(H2,12,18)(H,13,15). The lowest BCUT2D eigenvalue weighted by Crippen LogP contribution is -2.49. The number of carbonyl (C=O) groups excluding carboxylic acids is 1. The monoisotopic (exact) mass is 309 g/mol. The Balaban J connectivity index is 4.67. The molecule has 6 nitrogen and oxygen atoms in total. The van der Waals surface area contributed by atoms with Gasteiger partial charge in [0.2, 0.25) is 15.9 Å². The van der Waals surface area contributed by atoms with Crippen molar-refractivity contribution in [3.05, 3.63) is 0 Å². The molecule has 1 amide bonds. The molecule has 3 N–H and O–H groups in total. The number of thiocarbonyl (C=S) groups is 1. The zero-order valence-corrected chi connectivity index (χ0v) is 13.5. The molecule has 0 unspecified atom stereocenters. The van der Waals surface area contributed by atoms with Crippen LogP contribution in [0.3, 0.4) is 0 Å². The zero-order valence-electron chi connectivity index (χ0n) is 11.9. The first kappa shape index (κ1) is 18.3. The summed E-state index contributed by atoms with van der Waals surface area (Å²) in [6.07, 6.45) is 0.982. The molecular formula is C11H23N3O3S2. The highest BCUT2D eigenvalue weighted by Gasteiger charge is 2.37. The second-order valence-electron chi connectivity index (χ2n) is 4.51. The third-order valence-corrected chi connectivity index (χ3v) is 5.54. The molecule has 0 aliphatic carbocycles. The number of hydrogen-bond donors (Lipinski definition) is 2. The second-order valence-corrected chi connectivity index (χ2v) is 7.25. The van der Waals surface area contributed by atoms with E-state index in [2.05, 4.69) is 5.32 Å². The molecule has 8 heteroatoms. The van der Waals surface area contributed by atoms with Crippen LogP contribution in [0.15, 0.2) is 0 Å². The Morgan fingerprint density at radius 1 is 1.32 bits per heavy atom. The highest BCUT2D eigenvalue weighted by molar-refractivity contribution is 7.89. The van der Waals surface area contributed by atoms with Crippen LogP contribution in [0.4, 0.5) is 0 Å². The van der Waals surface area contributed by atoms with Crippen LogP contribution in [0.25, 0.3) is 0 Å². The van der Waals surface area contributed by atoms with E-state index in [1.165, 1.54) is 14.1 Å². The number of nitrogens with one attached hydrogen (secondary N) is 1. The van der Waals surface area contributed by atoms with E-state index in [9.17, 15) is 13.2 Å². The normalized spacial score (nSPS) is 12.5. The molecule has 0 aliphatic rings. The SMILES string of the molecule is CCC(CC)(C(=O)NCCS(=O)(=O)N(C)C)C(N)=S. The molecule has 0 aromatic heterocycles. The van der Waals surface area contributed by atoms with Gasteiger partial charge in [0.15, 0.2) is 0 Å². The lowest BCUT2D eigenvalue weighted by Gasteiger charge is -2.29. The molecule has 0 heterocycles. The maximum Gasteiger partial charge on any atom is 0.233 e. The minimum absolute atomic E-state index is 0.0453. The molecule has 0 rings (SSSR count). The molecule has 0 aliphatic heterocycles. The van der Waals surface area contributed by atoms with E-state index in [4.69, 9.17) is 18.0 Å². The summed E-state index contributed by atoms with van der Waals surface area (Å²) >= 11 is 4.96. The summed E-state index contributed by atoms with van der Waals surface area (Å²) in [5.74, 6) is -0.453. The quantitative estimate of drug-likeness (QED) is 0.620. The second kappa shape index (κ2) is 7.16. The van der Waals surface area contributed by atoms with Gasteiger partial charge in [0.1, 0.15) is 0 Å². The van der Waals surface area contributed by atoms with Gasteiger partial charge in [-0.05, 0) is 12.8 Å². The number of nitrogens with two attached hydrogens (primary N) is 1. The Bertz CT molecular complexity index is 428. The van der Waals surface area contributed by atoms with E-state index in [1.54, 1.807) is 0 Å². The summed E-state index contributed by atoms with van der Waals surface area (Å²) in [5.41, 5.74) is 4.75. The summed E-state index contributed by atoms with van der Waals surface area (Å²) < 4.78 is 24.2. The molecule has 0 spiro atoms. The smallest absolute Gasteiger partial charge is 0.233 e. The Labute approximate surface area is 120 Å². The zero-order chi connectivity index (χ0) is 15.3. The Kier molecular flexibility index (Phi) is 6.88. The first-order valence-electron chi connectivity index (χ1n) is 6.12. The average molecular weight is 309 g/mol. The third-order valence-electron chi connectivity index (χ3n) is 3.32. The number of hydrogen-bond acceptors (Lipinski definition) is 4. The summed E-state index contributed by atoms with van der Waals surface area (Å²) in [5, 5.41) is 2.61. The fourth-order valence-corrected chi connectivity index (χ4v) is 2.78. The molecule has 0 fully saturated rings. The summed E-state index contributed by atoms with van der Waals surface area (Å²) in [6, 6.07) is 0. The topological polar surface area (TPSA) is 92.5 Å². The van der Waals surface area contributed by atoms with Gasteiger partial charge < -0.3 is 11.1 Å². The summed E-state index contributed by atoms with van der Waals surface area (Å²) in [7, 11) is -0.413. The van der Waals surface area contributed by atoms with Crippen LogP contribution < -0.4 is 11.1 Å². The molecule has 0 aromatic carbocycles. The minimum Gasteiger partial charge on any atom is -0.392 e. The highest BCUT2D eigenvalue weighted by Crippen LogP contribution is 2.27. The Morgan fingerprint density at radius 3 is 2.11 bits per heavy atom. The van der Waals surface area contributed by atoms with Crippen LogP contribution in [-0.4, -0.2) is 50.0 Å². The number of nitrogens with zero attached hydrogens (tertiary/aromatic N) is 1. The maximum absolute atomic E-state index is 12.1. The van der Waals surface area contributed by atoms with Crippen LogP contribution in [0, 0.1) is 5.41 Å². The van der Waals surface area contributed by atoms with Crippen LogP contribution in [-0.2, 0) is 14.8 Å². The van der Waals surface area contributed by atoms with E-state index in [0.717, 1.165) is 4.31 Å². The first-order chi connectivity index (χ1) is 8.64. The molecule has 0 bridgehead atoms. The largest absolute Gasteiger partial charge is 0.392 e.